The zero-order chi connectivity index (χ0) is 22.4. The number of piperidine rings is 1. The van der Waals surface area contributed by atoms with E-state index in [0.29, 0.717) is 13.1 Å². The van der Waals surface area contributed by atoms with Crippen LogP contribution >= 0.6 is 0 Å². The summed E-state index contributed by atoms with van der Waals surface area (Å²) in [5.74, 6) is -2.75. The van der Waals surface area contributed by atoms with Crippen molar-refractivity contribution >= 4 is 17.7 Å². The molecule has 1 aliphatic heterocycles. The predicted molar refractivity (Wildman–Crippen MR) is 105 cm³/mol. The van der Waals surface area contributed by atoms with Crippen molar-refractivity contribution in [2.75, 3.05) is 13.1 Å². The van der Waals surface area contributed by atoms with Gasteiger partial charge in [-0.1, -0.05) is 11.2 Å². The molecule has 164 valence electrons. The normalized spacial score (nSPS) is 23.8. The van der Waals surface area contributed by atoms with Gasteiger partial charge in [-0.2, -0.15) is 0 Å². The molecule has 2 aliphatic rings. The zero-order valence-electron chi connectivity index (χ0n) is 17.7. The van der Waals surface area contributed by atoms with Crippen molar-refractivity contribution in [2.24, 2.45) is 22.9 Å². The van der Waals surface area contributed by atoms with Crippen LogP contribution in [0.3, 0.4) is 0 Å². The second kappa shape index (κ2) is 7.52. The summed E-state index contributed by atoms with van der Waals surface area (Å²) >= 11 is 0. The van der Waals surface area contributed by atoms with Crippen molar-refractivity contribution in [1.29, 1.82) is 0 Å². The van der Waals surface area contributed by atoms with E-state index in [1.807, 2.05) is 0 Å². The average molecular weight is 423 g/mol. The third-order valence-electron chi connectivity index (χ3n) is 5.48. The summed E-state index contributed by atoms with van der Waals surface area (Å²) in [6.45, 7) is 9.34. The first-order valence-electron chi connectivity index (χ1n) is 9.82. The van der Waals surface area contributed by atoms with Gasteiger partial charge in [-0.15, -0.1) is 0 Å². The highest BCUT2D eigenvalue weighted by molar-refractivity contribution is 6.08. The summed E-state index contributed by atoms with van der Waals surface area (Å²) in [7, 11) is 0. The SMILES string of the molecule is CC(C)(C)OC(=O)N1C[C@@H]2C(C(=O)NC(C)(C)/C(=N\O)c3cccc(F)c3F)[C@@H]2C1. The fourth-order valence-corrected chi connectivity index (χ4v) is 4.04. The number of ether oxygens (including phenoxy) is 1. The van der Waals surface area contributed by atoms with Crippen molar-refractivity contribution in [3.63, 3.8) is 0 Å². The van der Waals surface area contributed by atoms with Crippen LogP contribution < -0.4 is 5.32 Å². The Balaban J connectivity index is 1.63. The number of oxime groups is 1. The van der Waals surface area contributed by atoms with Gasteiger partial charge in [0, 0.05) is 24.6 Å². The molecule has 0 aromatic heterocycles. The topological polar surface area (TPSA) is 91.2 Å². The van der Waals surface area contributed by atoms with Gasteiger partial charge >= 0.3 is 6.09 Å². The minimum Gasteiger partial charge on any atom is -0.444 e. The number of carbonyl (C=O) groups excluding carboxylic acids is 2. The number of fused-ring (bicyclic) bond motifs is 1. The summed E-state index contributed by atoms with van der Waals surface area (Å²) in [5, 5.41) is 15.3. The smallest absolute Gasteiger partial charge is 0.410 e. The minimum absolute atomic E-state index is 0.0220. The van der Waals surface area contributed by atoms with Crippen LogP contribution in [-0.2, 0) is 9.53 Å². The molecule has 30 heavy (non-hydrogen) atoms. The van der Waals surface area contributed by atoms with Crippen molar-refractivity contribution in [2.45, 2.75) is 45.8 Å². The van der Waals surface area contributed by atoms with Crippen LogP contribution in [0.2, 0.25) is 0 Å². The molecular formula is C21H27F2N3O4. The Morgan fingerprint density at radius 1 is 1.17 bits per heavy atom. The number of nitrogens with zero attached hydrogens (tertiary/aromatic N) is 2. The lowest BCUT2D eigenvalue weighted by atomic mass is 9.91. The Bertz CT molecular complexity index is 883. The fourth-order valence-electron chi connectivity index (χ4n) is 4.04. The number of hydrogen-bond donors (Lipinski definition) is 2. The molecule has 0 spiro atoms. The lowest BCUT2D eigenvalue weighted by Gasteiger charge is -2.29. The van der Waals surface area contributed by atoms with Crippen molar-refractivity contribution in [3.05, 3.63) is 35.4 Å². The zero-order valence-corrected chi connectivity index (χ0v) is 17.7. The van der Waals surface area contributed by atoms with Gasteiger partial charge < -0.3 is 20.2 Å². The molecule has 1 aromatic carbocycles. The molecule has 1 aromatic rings. The van der Waals surface area contributed by atoms with E-state index in [1.165, 1.54) is 12.1 Å². The first kappa shape index (κ1) is 22.0. The second-order valence-corrected chi connectivity index (χ2v) is 9.40. The van der Waals surface area contributed by atoms with E-state index in [4.69, 9.17) is 4.74 Å². The summed E-state index contributed by atoms with van der Waals surface area (Å²) < 4.78 is 33.1. The van der Waals surface area contributed by atoms with E-state index >= 15 is 0 Å². The maximum atomic E-state index is 14.2. The van der Waals surface area contributed by atoms with E-state index in [-0.39, 0.29) is 34.9 Å². The Labute approximate surface area is 174 Å². The van der Waals surface area contributed by atoms with Crippen molar-refractivity contribution in [3.8, 4) is 0 Å². The first-order chi connectivity index (χ1) is 13.9. The molecule has 1 unspecified atom stereocenters. The Hall–Kier alpha value is -2.71. The summed E-state index contributed by atoms with van der Waals surface area (Å²) in [6, 6.07) is 3.54. The number of benzene rings is 1. The van der Waals surface area contributed by atoms with E-state index in [2.05, 4.69) is 10.5 Å². The molecule has 3 rings (SSSR count). The Morgan fingerprint density at radius 2 is 1.77 bits per heavy atom. The van der Waals surface area contributed by atoms with Crippen LogP contribution in [0.15, 0.2) is 23.4 Å². The summed E-state index contributed by atoms with van der Waals surface area (Å²) in [4.78, 5) is 26.6. The Morgan fingerprint density at radius 3 is 2.30 bits per heavy atom. The number of halogens is 2. The molecule has 9 heteroatoms. The predicted octanol–water partition coefficient (Wildman–Crippen LogP) is 3.15. The third-order valence-corrected chi connectivity index (χ3v) is 5.48. The quantitative estimate of drug-likeness (QED) is 0.442. The maximum Gasteiger partial charge on any atom is 0.410 e. The van der Waals surface area contributed by atoms with Gasteiger partial charge in [0.2, 0.25) is 5.91 Å². The van der Waals surface area contributed by atoms with Crippen LogP contribution in [0.1, 0.15) is 40.2 Å². The second-order valence-electron chi connectivity index (χ2n) is 9.40. The van der Waals surface area contributed by atoms with Crippen LogP contribution in [0.25, 0.3) is 0 Å². The maximum absolute atomic E-state index is 14.2. The number of amides is 2. The van der Waals surface area contributed by atoms with E-state index in [1.54, 1.807) is 39.5 Å². The number of hydrogen-bond acceptors (Lipinski definition) is 5. The van der Waals surface area contributed by atoms with E-state index in [0.717, 1.165) is 6.07 Å². The van der Waals surface area contributed by atoms with Gasteiger partial charge in [-0.25, -0.2) is 13.6 Å². The Kier molecular flexibility index (Phi) is 5.51. The van der Waals surface area contributed by atoms with E-state index in [9.17, 15) is 23.6 Å². The fraction of sp³-hybridized carbons (Fsp3) is 0.571. The summed E-state index contributed by atoms with van der Waals surface area (Å²) in [5.41, 5.74) is -2.25. The van der Waals surface area contributed by atoms with Crippen LogP contribution in [0.4, 0.5) is 13.6 Å². The molecule has 3 atom stereocenters. The third kappa shape index (κ3) is 4.24. The molecule has 2 N–H and O–H groups in total. The van der Waals surface area contributed by atoms with Gasteiger partial charge in [0.25, 0.3) is 0 Å². The molecule has 0 bridgehead atoms. The monoisotopic (exact) mass is 423 g/mol. The molecule has 1 saturated heterocycles. The highest BCUT2D eigenvalue weighted by Crippen LogP contribution is 2.52. The van der Waals surface area contributed by atoms with Gasteiger partial charge in [-0.05, 0) is 58.6 Å². The molecule has 2 fully saturated rings. The lowest BCUT2D eigenvalue weighted by molar-refractivity contribution is -0.124. The number of rotatable bonds is 4. The highest BCUT2D eigenvalue weighted by atomic mass is 19.2. The van der Waals surface area contributed by atoms with Gasteiger partial charge in [0.1, 0.15) is 11.3 Å². The molecule has 2 amide bonds. The standard InChI is InChI=1S/C21H27F2N3O4/c1-20(2,3)30-19(28)26-9-12-13(10-26)15(12)18(27)24-21(4,5)17(25-29)11-7-6-8-14(22)16(11)23/h6-8,12-13,15,29H,9-10H2,1-5H3,(H,24,27)/b25-17-/t12-,13+,15?. The van der Waals surface area contributed by atoms with Gasteiger partial charge in [0.05, 0.1) is 5.54 Å². The number of likely N-dealkylation sites (tertiary alicyclic amines) is 1. The number of carbonyl (C=O) groups is 2. The van der Waals surface area contributed by atoms with Crippen LogP contribution in [-0.4, -0.2) is 52.0 Å². The van der Waals surface area contributed by atoms with Gasteiger partial charge in [0.15, 0.2) is 11.6 Å². The van der Waals surface area contributed by atoms with Gasteiger partial charge in [-0.3, -0.25) is 4.79 Å². The largest absolute Gasteiger partial charge is 0.444 e. The van der Waals surface area contributed by atoms with E-state index < -0.39 is 28.9 Å². The summed E-state index contributed by atoms with van der Waals surface area (Å²) in [6.07, 6.45) is -0.398. The molecule has 1 heterocycles. The highest BCUT2D eigenvalue weighted by Gasteiger charge is 2.61. The first-order valence-corrected chi connectivity index (χ1v) is 9.82. The lowest BCUT2D eigenvalue weighted by Crippen LogP contribution is -2.51. The van der Waals surface area contributed by atoms with Crippen molar-refractivity contribution in [1.82, 2.24) is 10.2 Å². The molecule has 1 aliphatic carbocycles. The molecule has 7 nitrogen and oxygen atoms in total. The van der Waals surface area contributed by atoms with Crippen LogP contribution in [0, 0.1) is 29.4 Å². The number of nitrogens with one attached hydrogen (secondary N) is 1. The van der Waals surface area contributed by atoms with Crippen molar-refractivity contribution < 1.29 is 28.3 Å². The molecule has 1 saturated carbocycles. The molecular weight excluding hydrogens is 396 g/mol. The average Bonchev–Trinajstić information content (AvgIpc) is 3.11. The minimum atomic E-state index is -1.25. The van der Waals surface area contributed by atoms with Crippen LogP contribution in [0.5, 0.6) is 0 Å². The molecule has 0 radical (unpaired) electrons.